The molecule has 0 spiro atoms. The summed E-state index contributed by atoms with van der Waals surface area (Å²) in [7, 11) is 0. The molecule has 7 heteroatoms. The van der Waals surface area contributed by atoms with E-state index in [4.69, 9.17) is 4.74 Å². The summed E-state index contributed by atoms with van der Waals surface area (Å²) >= 11 is 1.51. The minimum Gasteiger partial charge on any atom is -0.446 e. The van der Waals surface area contributed by atoms with Gasteiger partial charge in [-0.2, -0.15) is 5.26 Å². The molecule has 1 aliphatic rings. The van der Waals surface area contributed by atoms with Gasteiger partial charge in [0.2, 0.25) is 0 Å². The lowest BCUT2D eigenvalue weighted by molar-refractivity contribution is -0.118. The second-order valence-corrected chi connectivity index (χ2v) is 9.78. The summed E-state index contributed by atoms with van der Waals surface area (Å²) in [5.41, 5.74) is 3.56. The second kappa shape index (κ2) is 11.1. The average molecular weight is 474 g/mol. The van der Waals surface area contributed by atoms with Gasteiger partial charge in [-0.05, 0) is 42.0 Å². The number of pyridine rings is 1. The number of hydrogen-bond donors (Lipinski definition) is 1. The molecule has 2 atom stereocenters. The summed E-state index contributed by atoms with van der Waals surface area (Å²) in [4.78, 5) is 31.1. The normalized spacial score (nSPS) is 15.6. The Morgan fingerprint density at radius 3 is 2.76 bits per heavy atom. The van der Waals surface area contributed by atoms with Crippen molar-refractivity contribution < 1.29 is 14.3 Å². The highest BCUT2D eigenvalue weighted by Crippen LogP contribution is 2.36. The molecule has 0 fully saturated rings. The van der Waals surface area contributed by atoms with Gasteiger partial charge in [0.15, 0.2) is 0 Å². The number of thiophene rings is 1. The third-order valence-electron chi connectivity index (χ3n) is 6.08. The van der Waals surface area contributed by atoms with Crippen LogP contribution in [0.4, 0.5) is 4.79 Å². The molecular formula is C27H27N3O3S. The summed E-state index contributed by atoms with van der Waals surface area (Å²) < 4.78 is 5.61. The average Bonchev–Trinajstić information content (AvgIpc) is 3.19. The SMILES string of the molecule is CC(CC(=O)Cc1sc2c(c1C#N)CCC(OC(=O)NCc1ccccn1)C2)c1ccccc1. The van der Waals surface area contributed by atoms with Crippen molar-refractivity contribution in [2.24, 2.45) is 0 Å². The van der Waals surface area contributed by atoms with Crippen LogP contribution in [0, 0.1) is 11.3 Å². The molecule has 34 heavy (non-hydrogen) atoms. The number of carbonyl (C=O) groups is 2. The molecule has 2 heterocycles. The number of ether oxygens (including phenoxy) is 1. The summed E-state index contributed by atoms with van der Waals surface area (Å²) in [5, 5.41) is 12.5. The highest BCUT2D eigenvalue weighted by atomic mass is 32.1. The van der Waals surface area contributed by atoms with Crippen molar-refractivity contribution in [3.8, 4) is 6.07 Å². The Bertz CT molecular complexity index is 1190. The van der Waals surface area contributed by atoms with E-state index < -0.39 is 6.09 Å². The minimum absolute atomic E-state index is 0.133. The number of nitriles is 1. The van der Waals surface area contributed by atoms with Crippen molar-refractivity contribution in [2.75, 3.05) is 0 Å². The van der Waals surface area contributed by atoms with Crippen LogP contribution in [0.1, 0.15) is 57.8 Å². The van der Waals surface area contributed by atoms with Gasteiger partial charge in [0.25, 0.3) is 0 Å². The summed E-state index contributed by atoms with van der Waals surface area (Å²) in [6.07, 6.45) is 3.58. The first-order chi connectivity index (χ1) is 16.5. The number of amides is 1. The Morgan fingerprint density at radius 2 is 2.03 bits per heavy atom. The first-order valence-electron chi connectivity index (χ1n) is 11.5. The fraction of sp³-hybridized carbons (Fsp3) is 0.333. The molecule has 0 saturated heterocycles. The Labute approximate surface area is 203 Å². The van der Waals surface area contributed by atoms with E-state index in [1.807, 2.05) is 48.5 Å². The maximum Gasteiger partial charge on any atom is 0.407 e. The van der Waals surface area contributed by atoms with Gasteiger partial charge >= 0.3 is 6.09 Å². The van der Waals surface area contributed by atoms with Crippen LogP contribution in [0.3, 0.4) is 0 Å². The zero-order valence-electron chi connectivity index (χ0n) is 19.1. The van der Waals surface area contributed by atoms with Crippen LogP contribution in [-0.2, 0) is 35.3 Å². The van der Waals surface area contributed by atoms with Crippen molar-refractivity contribution in [3.05, 3.63) is 86.9 Å². The first kappa shape index (κ1) is 23.7. The molecule has 1 N–H and O–H groups in total. The number of nitrogens with zero attached hydrogens (tertiary/aromatic N) is 2. The van der Waals surface area contributed by atoms with Crippen LogP contribution in [-0.4, -0.2) is 23.0 Å². The monoisotopic (exact) mass is 473 g/mol. The number of benzene rings is 1. The summed E-state index contributed by atoms with van der Waals surface area (Å²) in [5.74, 6) is 0.268. The molecule has 0 radical (unpaired) electrons. The number of rotatable bonds is 8. The van der Waals surface area contributed by atoms with Gasteiger partial charge in [0, 0.05) is 35.2 Å². The fourth-order valence-electron chi connectivity index (χ4n) is 4.32. The maximum atomic E-state index is 12.8. The summed E-state index contributed by atoms with van der Waals surface area (Å²) in [6, 6.07) is 17.9. The quantitative estimate of drug-likeness (QED) is 0.491. The number of ketones is 1. The molecule has 1 aliphatic carbocycles. The standard InChI is InChI=1S/C27H27N3O3S/c1-18(19-7-3-2-4-8-19)13-21(31)14-25-24(16-28)23-11-10-22(15-26(23)34-25)33-27(32)30-17-20-9-5-6-12-29-20/h2-9,12,18,22H,10-11,13-15,17H2,1H3,(H,30,32). The zero-order valence-corrected chi connectivity index (χ0v) is 19.9. The van der Waals surface area contributed by atoms with Crippen LogP contribution in [0.2, 0.25) is 0 Å². The number of aromatic nitrogens is 1. The van der Waals surface area contributed by atoms with E-state index in [-0.39, 0.29) is 24.2 Å². The molecule has 4 rings (SSSR count). The number of hydrogen-bond acceptors (Lipinski definition) is 6. The van der Waals surface area contributed by atoms with Gasteiger partial charge in [-0.25, -0.2) is 4.79 Å². The third-order valence-corrected chi connectivity index (χ3v) is 7.33. The molecule has 1 amide bonds. The first-order valence-corrected chi connectivity index (χ1v) is 12.3. The van der Waals surface area contributed by atoms with Gasteiger partial charge in [0.1, 0.15) is 18.0 Å². The molecule has 6 nitrogen and oxygen atoms in total. The Balaban J connectivity index is 1.34. The molecule has 2 unspecified atom stereocenters. The van der Waals surface area contributed by atoms with E-state index in [0.717, 1.165) is 26.6 Å². The highest BCUT2D eigenvalue weighted by Gasteiger charge is 2.28. The Kier molecular flexibility index (Phi) is 7.71. The number of Topliss-reactive ketones (excluding diaryl/α,β-unsaturated/α-hetero) is 1. The third kappa shape index (κ3) is 5.89. The van der Waals surface area contributed by atoms with Gasteiger partial charge in [-0.15, -0.1) is 11.3 Å². The van der Waals surface area contributed by atoms with Crippen molar-refractivity contribution in [2.45, 2.75) is 57.6 Å². The van der Waals surface area contributed by atoms with E-state index >= 15 is 0 Å². The predicted octanol–water partition coefficient (Wildman–Crippen LogP) is 5.10. The van der Waals surface area contributed by atoms with Gasteiger partial charge in [-0.3, -0.25) is 9.78 Å². The van der Waals surface area contributed by atoms with E-state index in [9.17, 15) is 14.9 Å². The molecule has 174 valence electrons. The second-order valence-electron chi connectivity index (χ2n) is 8.59. The fourth-order valence-corrected chi connectivity index (χ4v) is 5.72. The maximum absolute atomic E-state index is 12.8. The van der Waals surface area contributed by atoms with Crippen LogP contribution in [0.5, 0.6) is 0 Å². The van der Waals surface area contributed by atoms with Crippen molar-refractivity contribution >= 4 is 23.2 Å². The van der Waals surface area contributed by atoms with Crippen molar-refractivity contribution in [1.82, 2.24) is 10.3 Å². The molecule has 2 aromatic heterocycles. The number of fused-ring (bicyclic) bond motifs is 1. The van der Waals surface area contributed by atoms with E-state index in [1.54, 1.807) is 6.20 Å². The molecule has 0 saturated carbocycles. The van der Waals surface area contributed by atoms with Gasteiger partial charge < -0.3 is 10.1 Å². The largest absolute Gasteiger partial charge is 0.446 e. The van der Waals surface area contributed by atoms with E-state index in [1.165, 1.54) is 11.3 Å². The highest BCUT2D eigenvalue weighted by molar-refractivity contribution is 7.12. The molecular weight excluding hydrogens is 446 g/mol. The van der Waals surface area contributed by atoms with Crippen LogP contribution >= 0.6 is 11.3 Å². The van der Waals surface area contributed by atoms with Crippen molar-refractivity contribution in [1.29, 1.82) is 5.26 Å². The van der Waals surface area contributed by atoms with Crippen LogP contribution < -0.4 is 5.32 Å². The lowest BCUT2D eigenvalue weighted by Crippen LogP contribution is -2.31. The summed E-state index contributed by atoms with van der Waals surface area (Å²) in [6.45, 7) is 2.36. The van der Waals surface area contributed by atoms with Crippen molar-refractivity contribution in [3.63, 3.8) is 0 Å². The zero-order chi connectivity index (χ0) is 23.9. The van der Waals surface area contributed by atoms with Gasteiger partial charge in [0.05, 0.1) is 17.8 Å². The molecule has 0 aliphatic heterocycles. The smallest absolute Gasteiger partial charge is 0.407 e. The minimum atomic E-state index is -0.471. The topological polar surface area (TPSA) is 92.1 Å². The molecule has 1 aromatic carbocycles. The number of carbonyl (C=O) groups excluding carboxylic acids is 2. The predicted molar refractivity (Wildman–Crippen MR) is 131 cm³/mol. The molecule has 0 bridgehead atoms. The number of nitrogens with one attached hydrogen (secondary N) is 1. The van der Waals surface area contributed by atoms with Crippen LogP contribution in [0.25, 0.3) is 0 Å². The lowest BCUT2D eigenvalue weighted by atomic mass is 9.91. The lowest BCUT2D eigenvalue weighted by Gasteiger charge is -2.22. The van der Waals surface area contributed by atoms with Crippen LogP contribution in [0.15, 0.2) is 54.7 Å². The number of alkyl carbamates (subject to hydrolysis) is 1. The van der Waals surface area contributed by atoms with E-state index in [0.29, 0.717) is 37.8 Å². The Morgan fingerprint density at radius 1 is 1.24 bits per heavy atom. The van der Waals surface area contributed by atoms with E-state index in [2.05, 4.69) is 23.3 Å². The Hall–Kier alpha value is -3.50. The van der Waals surface area contributed by atoms with Gasteiger partial charge in [-0.1, -0.05) is 43.3 Å². The molecule has 3 aromatic rings.